The molecule has 2 amide bonds. The van der Waals surface area contributed by atoms with Crippen molar-refractivity contribution >= 4 is 17.4 Å². The molecule has 3 aliphatic rings. The first-order valence-electron chi connectivity index (χ1n) is 11.1. The molecule has 3 aliphatic heterocycles. The van der Waals surface area contributed by atoms with Gasteiger partial charge in [-0.2, -0.15) is 0 Å². The molecule has 6 heteroatoms. The predicted molar refractivity (Wildman–Crippen MR) is 117 cm³/mol. The van der Waals surface area contributed by atoms with E-state index in [2.05, 4.69) is 23.8 Å². The van der Waals surface area contributed by atoms with Crippen LogP contribution in [0.1, 0.15) is 42.4 Å². The van der Waals surface area contributed by atoms with Gasteiger partial charge in [-0.3, -0.25) is 14.5 Å². The number of hydrogen-bond acceptors (Lipinski definition) is 5. The van der Waals surface area contributed by atoms with Crippen LogP contribution >= 0.6 is 0 Å². The van der Waals surface area contributed by atoms with Gasteiger partial charge in [0.1, 0.15) is 5.70 Å². The summed E-state index contributed by atoms with van der Waals surface area (Å²) in [5.41, 5.74) is 4.23. The zero-order chi connectivity index (χ0) is 21.4. The van der Waals surface area contributed by atoms with E-state index >= 15 is 0 Å². The summed E-state index contributed by atoms with van der Waals surface area (Å²) in [6.07, 6.45) is 3.82. The maximum Gasteiger partial charge on any atom is 0.277 e. The van der Waals surface area contributed by atoms with Gasteiger partial charge in [0.2, 0.25) is 0 Å². The van der Waals surface area contributed by atoms with E-state index in [1.165, 1.54) is 10.5 Å². The fourth-order valence-electron chi connectivity index (χ4n) is 4.77. The Bertz CT molecular complexity index is 864. The van der Waals surface area contributed by atoms with E-state index in [1.807, 2.05) is 32.2 Å². The molecule has 2 saturated heterocycles. The average Bonchev–Trinajstić information content (AvgIpc) is 3.32. The van der Waals surface area contributed by atoms with Crippen molar-refractivity contribution in [3.63, 3.8) is 0 Å². The average molecular weight is 412 g/mol. The highest BCUT2D eigenvalue weighted by molar-refractivity contribution is 6.35. The smallest absolute Gasteiger partial charge is 0.277 e. The van der Waals surface area contributed by atoms with Crippen LogP contribution in [0.5, 0.6) is 0 Å². The van der Waals surface area contributed by atoms with Gasteiger partial charge in [0.25, 0.3) is 11.8 Å². The topological polar surface area (TPSA) is 53.1 Å². The molecule has 3 heterocycles. The number of likely N-dealkylation sites (tertiary alicyclic amines) is 1. The third kappa shape index (κ3) is 3.91. The highest BCUT2D eigenvalue weighted by Gasteiger charge is 2.43. The second-order valence-electron chi connectivity index (χ2n) is 9.02. The number of piperidine rings is 1. The lowest BCUT2D eigenvalue weighted by molar-refractivity contribution is -0.139. The molecule has 4 rings (SSSR count). The van der Waals surface area contributed by atoms with Crippen molar-refractivity contribution in [2.24, 2.45) is 0 Å². The number of imide groups is 1. The monoisotopic (exact) mass is 411 g/mol. The quantitative estimate of drug-likeness (QED) is 0.697. The van der Waals surface area contributed by atoms with E-state index < -0.39 is 0 Å². The Morgan fingerprint density at radius 1 is 1.07 bits per heavy atom. The zero-order valence-corrected chi connectivity index (χ0v) is 18.6. The van der Waals surface area contributed by atoms with E-state index in [1.54, 1.807) is 0 Å². The molecule has 0 saturated carbocycles. The summed E-state index contributed by atoms with van der Waals surface area (Å²) < 4.78 is 5.73. The number of ether oxygens (including phenoxy) is 1. The van der Waals surface area contributed by atoms with Crippen LogP contribution in [0.3, 0.4) is 0 Å². The summed E-state index contributed by atoms with van der Waals surface area (Å²) in [5.74, 6) is -0.362. The van der Waals surface area contributed by atoms with Crippen LogP contribution in [0.2, 0.25) is 0 Å². The molecule has 0 aliphatic carbocycles. The molecule has 1 aromatic carbocycles. The Morgan fingerprint density at radius 2 is 1.80 bits per heavy atom. The van der Waals surface area contributed by atoms with E-state index in [4.69, 9.17) is 4.74 Å². The Labute approximate surface area is 179 Å². The molecule has 162 valence electrons. The van der Waals surface area contributed by atoms with Crippen molar-refractivity contribution in [3.8, 4) is 0 Å². The highest BCUT2D eigenvalue weighted by Crippen LogP contribution is 2.35. The maximum absolute atomic E-state index is 13.5. The third-order valence-electron chi connectivity index (χ3n) is 6.94. The Hall–Kier alpha value is -2.18. The number of aryl methyl sites for hydroxylation is 2. The largest absolute Gasteiger partial charge is 0.376 e. The van der Waals surface area contributed by atoms with Crippen molar-refractivity contribution in [2.75, 3.05) is 40.3 Å². The molecular weight excluding hydrogens is 378 g/mol. The summed E-state index contributed by atoms with van der Waals surface area (Å²) in [6.45, 7) is 7.17. The number of amides is 2. The fourth-order valence-corrected chi connectivity index (χ4v) is 4.77. The van der Waals surface area contributed by atoms with Crippen molar-refractivity contribution in [2.45, 2.75) is 51.7 Å². The van der Waals surface area contributed by atoms with E-state index in [0.717, 1.165) is 49.9 Å². The standard InChI is InChI=1S/C24H33N3O3/c1-16-7-8-18(14-17(16)2)21-22(26(4)19-9-11-25(3)12-10-19)24(29)27(23(21)28)15-20-6-5-13-30-20/h7-8,14,19-20H,5-6,9-13,15H2,1-4H3. The lowest BCUT2D eigenvalue weighted by atomic mass is 9.97. The Kier molecular flexibility index (Phi) is 5.98. The molecule has 30 heavy (non-hydrogen) atoms. The van der Waals surface area contributed by atoms with Crippen LogP contribution in [-0.4, -0.2) is 79.0 Å². The van der Waals surface area contributed by atoms with E-state index in [0.29, 0.717) is 24.4 Å². The second-order valence-corrected chi connectivity index (χ2v) is 9.02. The van der Waals surface area contributed by atoms with Crippen LogP contribution in [-0.2, 0) is 14.3 Å². The van der Waals surface area contributed by atoms with Crippen LogP contribution in [0, 0.1) is 13.8 Å². The van der Waals surface area contributed by atoms with Crippen molar-refractivity contribution in [1.29, 1.82) is 0 Å². The van der Waals surface area contributed by atoms with Gasteiger partial charge in [0, 0.05) is 19.7 Å². The van der Waals surface area contributed by atoms with Crippen LogP contribution in [0.4, 0.5) is 0 Å². The van der Waals surface area contributed by atoms with Crippen LogP contribution in [0.15, 0.2) is 23.9 Å². The highest BCUT2D eigenvalue weighted by atomic mass is 16.5. The molecule has 0 N–H and O–H groups in total. The minimum Gasteiger partial charge on any atom is -0.376 e. The number of likely N-dealkylation sites (N-methyl/N-ethyl adjacent to an activating group) is 1. The van der Waals surface area contributed by atoms with E-state index in [9.17, 15) is 9.59 Å². The van der Waals surface area contributed by atoms with Gasteiger partial charge in [-0.15, -0.1) is 0 Å². The van der Waals surface area contributed by atoms with Gasteiger partial charge in [-0.1, -0.05) is 18.2 Å². The molecule has 0 aromatic heterocycles. The van der Waals surface area contributed by atoms with Gasteiger partial charge in [-0.25, -0.2) is 0 Å². The number of benzene rings is 1. The number of rotatable bonds is 5. The molecule has 0 spiro atoms. The maximum atomic E-state index is 13.5. The lowest BCUT2D eigenvalue weighted by Gasteiger charge is -2.36. The molecule has 1 aromatic rings. The summed E-state index contributed by atoms with van der Waals surface area (Å²) in [7, 11) is 4.11. The summed E-state index contributed by atoms with van der Waals surface area (Å²) in [4.78, 5) is 32.8. The lowest BCUT2D eigenvalue weighted by Crippen LogP contribution is -2.44. The number of nitrogens with zero attached hydrogens (tertiary/aromatic N) is 3. The number of carbonyl (C=O) groups is 2. The molecule has 6 nitrogen and oxygen atoms in total. The Balaban J connectivity index is 1.70. The fraction of sp³-hybridized carbons (Fsp3) is 0.583. The zero-order valence-electron chi connectivity index (χ0n) is 18.6. The molecule has 0 bridgehead atoms. The minimum absolute atomic E-state index is 0.0492. The molecule has 1 unspecified atom stereocenters. The second kappa shape index (κ2) is 8.52. The third-order valence-corrected chi connectivity index (χ3v) is 6.94. The van der Waals surface area contributed by atoms with Crippen molar-refractivity contribution < 1.29 is 14.3 Å². The Morgan fingerprint density at radius 3 is 2.43 bits per heavy atom. The number of hydrogen-bond donors (Lipinski definition) is 0. The predicted octanol–water partition coefficient (Wildman–Crippen LogP) is 2.59. The first-order valence-corrected chi connectivity index (χ1v) is 11.1. The molecular formula is C24H33N3O3. The van der Waals surface area contributed by atoms with Gasteiger partial charge in [0.15, 0.2) is 0 Å². The minimum atomic E-state index is -0.187. The van der Waals surface area contributed by atoms with Crippen molar-refractivity contribution in [3.05, 3.63) is 40.6 Å². The molecule has 0 radical (unpaired) electrons. The summed E-state index contributed by atoms with van der Waals surface area (Å²) in [5, 5.41) is 0. The van der Waals surface area contributed by atoms with Gasteiger partial charge < -0.3 is 14.5 Å². The molecule has 2 fully saturated rings. The van der Waals surface area contributed by atoms with Gasteiger partial charge in [0.05, 0.1) is 18.2 Å². The first kappa shape index (κ1) is 21.1. The van der Waals surface area contributed by atoms with E-state index in [-0.39, 0.29) is 24.0 Å². The molecule has 1 atom stereocenters. The first-order chi connectivity index (χ1) is 14.4. The van der Waals surface area contributed by atoms with Crippen LogP contribution in [0.25, 0.3) is 5.57 Å². The van der Waals surface area contributed by atoms with Gasteiger partial charge >= 0.3 is 0 Å². The van der Waals surface area contributed by atoms with Gasteiger partial charge in [-0.05, 0) is 76.4 Å². The summed E-state index contributed by atoms with van der Waals surface area (Å²) in [6, 6.07) is 6.30. The van der Waals surface area contributed by atoms with Crippen molar-refractivity contribution in [1.82, 2.24) is 14.7 Å². The number of carbonyl (C=O) groups excluding carboxylic acids is 2. The summed E-state index contributed by atoms with van der Waals surface area (Å²) >= 11 is 0. The normalized spacial score (nSPS) is 23.7. The van der Waals surface area contributed by atoms with Crippen LogP contribution < -0.4 is 0 Å². The SMILES string of the molecule is Cc1ccc(C2=C(N(C)C3CCN(C)CC3)C(=O)N(CC3CCCO3)C2=O)cc1C.